The number of carboxylic acid groups (broad SMARTS) is 1. The van der Waals surface area contributed by atoms with Crippen LogP contribution in [0, 0.1) is 5.92 Å². The van der Waals surface area contributed by atoms with E-state index in [9.17, 15) is 29.1 Å². The first-order chi connectivity index (χ1) is 18.7. The number of likely N-dealkylation sites (tertiary alicyclic amines) is 1. The van der Waals surface area contributed by atoms with Gasteiger partial charge in [-0.2, -0.15) is 0 Å². The normalized spacial score (nSPS) is 16.3. The molecule has 0 radical (unpaired) electrons. The van der Waals surface area contributed by atoms with Crippen molar-refractivity contribution < 1.29 is 33.8 Å². The summed E-state index contributed by atoms with van der Waals surface area (Å²) < 4.78 is 5.31. The molecule has 1 heterocycles. The second-order valence-corrected chi connectivity index (χ2v) is 10.00. The molecule has 0 unspecified atom stereocenters. The summed E-state index contributed by atoms with van der Waals surface area (Å²) in [4.78, 5) is 64.9. The Morgan fingerprint density at radius 2 is 1.54 bits per heavy atom. The van der Waals surface area contributed by atoms with Crippen molar-refractivity contribution in [3.8, 4) is 0 Å². The molecule has 208 valence electrons. The van der Waals surface area contributed by atoms with Crippen LogP contribution < -0.4 is 10.6 Å². The lowest BCUT2D eigenvalue weighted by Crippen LogP contribution is -2.55. The molecule has 10 heteroatoms. The maximum atomic E-state index is 13.7. The topological polar surface area (TPSA) is 142 Å². The summed E-state index contributed by atoms with van der Waals surface area (Å²) in [5, 5.41) is 14.4. The van der Waals surface area contributed by atoms with Crippen molar-refractivity contribution in [2.75, 3.05) is 6.54 Å². The molecule has 10 nitrogen and oxygen atoms in total. The number of rotatable bonds is 12. The highest BCUT2D eigenvalue weighted by atomic mass is 16.5. The van der Waals surface area contributed by atoms with Crippen molar-refractivity contribution in [2.24, 2.45) is 5.92 Å². The molecule has 3 rings (SSSR count). The van der Waals surface area contributed by atoms with Crippen molar-refractivity contribution in [1.82, 2.24) is 15.5 Å². The molecule has 1 aliphatic heterocycles. The molecular formula is C29H35N3O7. The monoisotopic (exact) mass is 537 g/mol. The van der Waals surface area contributed by atoms with Crippen LogP contribution in [-0.4, -0.2) is 64.3 Å². The summed E-state index contributed by atoms with van der Waals surface area (Å²) in [6.45, 7) is 3.87. The number of Topliss-reactive ketones (excluding diaryl/α,β-unsaturated/α-hetero) is 1. The molecule has 1 aliphatic rings. The van der Waals surface area contributed by atoms with Crippen LogP contribution in [-0.2, 0) is 36.9 Å². The first-order valence-electron chi connectivity index (χ1n) is 13.0. The van der Waals surface area contributed by atoms with Crippen LogP contribution in [0.15, 0.2) is 60.7 Å². The number of hydrogen-bond acceptors (Lipinski definition) is 6. The maximum absolute atomic E-state index is 13.7. The third-order valence-corrected chi connectivity index (χ3v) is 6.46. The molecule has 3 N–H and O–H groups in total. The van der Waals surface area contributed by atoms with Gasteiger partial charge in [-0.3, -0.25) is 14.4 Å². The van der Waals surface area contributed by atoms with E-state index in [4.69, 9.17) is 4.74 Å². The van der Waals surface area contributed by atoms with Crippen LogP contribution in [0.3, 0.4) is 0 Å². The van der Waals surface area contributed by atoms with Gasteiger partial charge in [-0.05, 0) is 36.3 Å². The van der Waals surface area contributed by atoms with Gasteiger partial charge in [0.15, 0.2) is 0 Å². The predicted octanol–water partition coefficient (Wildman–Crippen LogP) is 2.70. The van der Waals surface area contributed by atoms with Gasteiger partial charge in [0.05, 0.1) is 0 Å². The largest absolute Gasteiger partial charge is 0.480 e. The third-order valence-electron chi connectivity index (χ3n) is 6.46. The number of carbonyl (C=O) groups excluding carboxylic acids is 4. The van der Waals surface area contributed by atoms with Crippen molar-refractivity contribution in [3.05, 3.63) is 71.8 Å². The molecule has 0 aromatic heterocycles. The first-order valence-corrected chi connectivity index (χ1v) is 13.0. The number of carbonyl (C=O) groups is 5. The maximum Gasteiger partial charge on any atom is 0.408 e. The number of alkyl carbamates (subject to hydrolysis) is 1. The van der Waals surface area contributed by atoms with Crippen LogP contribution in [0.5, 0.6) is 0 Å². The highest BCUT2D eigenvalue weighted by Gasteiger charge is 2.40. The standard InChI is InChI=1S/C29H35N3O7/c1-19(2)16-23(28(36)37)30-26(34)25(33)24-14-9-15-32(24)27(35)22(17-20-10-5-3-6-11-20)31-29(38)39-18-21-12-7-4-8-13-21/h3-8,10-13,19,22-24H,9,14-18H2,1-2H3,(H,30,34)(H,31,38)(H,36,37)/t22-,23+,24-/m0/s1. The smallest absolute Gasteiger partial charge is 0.408 e. The Morgan fingerprint density at radius 3 is 2.13 bits per heavy atom. The molecule has 0 aliphatic carbocycles. The van der Waals surface area contributed by atoms with Gasteiger partial charge in [-0.15, -0.1) is 0 Å². The third kappa shape index (κ3) is 8.66. The fourth-order valence-corrected chi connectivity index (χ4v) is 4.53. The molecule has 3 amide bonds. The van der Waals surface area contributed by atoms with E-state index < -0.39 is 47.8 Å². The summed E-state index contributed by atoms with van der Waals surface area (Å²) in [5.74, 6) is -3.68. The summed E-state index contributed by atoms with van der Waals surface area (Å²) in [6, 6.07) is 14.9. The number of ether oxygens (including phenoxy) is 1. The summed E-state index contributed by atoms with van der Waals surface area (Å²) in [5.41, 5.74) is 1.57. The zero-order chi connectivity index (χ0) is 28.4. The minimum Gasteiger partial charge on any atom is -0.480 e. The fourth-order valence-electron chi connectivity index (χ4n) is 4.53. The van der Waals surface area contributed by atoms with E-state index in [1.54, 1.807) is 12.1 Å². The average Bonchev–Trinajstić information content (AvgIpc) is 3.41. The highest BCUT2D eigenvalue weighted by Crippen LogP contribution is 2.21. The van der Waals surface area contributed by atoms with Gasteiger partial charge in [-0.1, -0.05) is 74.5 Å². The van der Waals surface area contributed by atoms with Crippen LogP contribution in [0.1, 0.15) is 44.2 Å². The predicted molar refractivity (Wildman–Crippen MR) is 142 cm³/mol. The second-order valence-electron chi connectivity index (χ2n) is 10.00. The van der Waals surface area contributed by atoms with Gasteiger partial charge in [0.2, 0.25) is 11.7 Å². The molecule has 0 spiro atoms. The lowest BCUT2D eigenvalue weighted by atomic mass is 10.0. The van der Waals surface area contributed by atoms with E-state index in [2.05, 4.69) is 10.6 Å². The van der Waals surface area contributed by atoms with Crippen LogP contribution in [0.2, 0.25) is 0 Å². The van der Waals surface area contributed by atoms with Gasteiger partial charge < -0.3 is 25.4 Å². The molecule has 1 saturated heterocycles. The van der Waals surface area contributed by atoms with Crippen molar-refractivity contribution in [3.63, 3.8) is 0 Å². The number of nitrogens with zero attached hydrogens (tertiary/aromatic N) is 1. The minimum atomic E-state index is -1.23. The SMILES string of the molecule is CC(C)C[C@@H](NC(=O)C(=O)[C@@H]1CCCN1C(=O)[C@H](Cc1ccccc1)NC(=O)OCc1ccccc1)C(=O)O. The van der Waals surface area contributed by atoms with E-state index in [-0.39, 0.29) is 38.3 Å². The van der Waals surface area contributed by atoms with Crippen molar-refractivity contribution >= 4 is 29.7 Å². The Morgan fingerprint density at radius 1 is 0.923 bits per heavy atom. The van der Waals surface area contributed by atoms with Crippen molar-refractivity contribution in [2.45, 2.75) is 64.3 Å². The van der Waals surface area contributed by atoms with Gasteiger partial charge in [0.1, 0.15) is 24.7 Å². The Hall–Kier alpha value is -4.21. The molecule has 2 aromatic carbocycles. The molecule has 39 heavy (non-hydrogen) atoms. The molecule has 0 saturated carbocycles. The lowest BCUT2D eigenvalue weighted by molar-refractivity contribution is -0.148. The number of ketones is 1. The van der Waals surface area contributed by atoms with Crippen LogP contribution >= 0.6 is 0 Å². The summed E-state index contributed by atoms with van der Waals surface area (Å²) >= 11 is 0. The zero-order valence-electron chi connectivity index (χ0n) is 22.2. The summed E-state index contributed by atoms with van der Waals surface area (Å²) in [7, 11) is 0. The van der Waals surface area contributed by atoms with E-state index in [1.807, 2.05) is 62.4 Å². The Balaban J connectivity index is 1.72. The Labute approximate surface area is 227 Å². The highest BCUT2D eigenvalue weighted by molar-refractivity contribution is 6.38. The van der Waals surface area contributed by atoms with Gasteiger partial charge in [-0.25, -0.2) is 9.59 Å². The quantitative estimate of drug-likeness (QED) is 0.353. The number of carboxylic acids is 1. The zero-order valence-corrected chi connectivity index (χ0v) is 22.2. The van der Waals surface area contributed by atoms with E-state index in [0.29, 0.717) is 6.42 Å². The van der Waals surface area contributed by atoms with Crippen LogP contribution in [0.4, 0.5) is 4.79 Å². The van der Waals surface area contributed by atoms with Gasteiger partial charge in [0.25, 0.3) is 5.91 Å². The molecular weight excluding hydrogens is 502 g/mol. The summed E-state index contributed by atoms with van der Waals surface area (Å²) in [6.07, 6.45) is 0.275. The molecule has 3 atom stereocenters. The lowest BCUT2D eigenvalue weighted by Gasteiger charge is -2.28. The average molecular weight is 538 g/mol. The fraction of sp³-hybridized carbons (Fsp3) is 0.414. The van der Waals surface area contributed by atoms with Gasteiger partial charge in [0, 0.05) is 13.0 Å². The Bertz CT molecular complexity index is 1150. The van der Waals surface area contributed by atoms with E-state index in [0.717, 1.165) is 11.1 Å². The molecule has 1 fully saturated rings. The van der Waals surface area contributed by atoms with Gasteiger partial charge >= 0.3 is 12.1 Å². The number of hydrogen-bond donors (Lipinski definition) is 3. The second kappa shape index (κ2) is 14.1. The number of amides is 3. The number of nitrogens with one attached hydrogen (secondary N) is 2. The first kappa shape index (κ1) is 29.3. The van der Waals surface area contributed by atoms with E-state index in [1.165, 1.54) is 4.90 Å². The minimum absolute atomic E-state index is 0.0162. The van der Waals surface area contributed by atoms with Crippen LogP contribution in [0.25, 0.3) is 0 Å². The van der Waals surface area contributed by atoms with Crippen molar-refractivity contribution in [1.29, 1.82) is 0 Å². The molecule has 2 aromatic rings. The van der Waals surface area contributed by atoms with E-state index >= 15 is 0 Å². The number of benzene rings is 2. The Kier molecular flexibility index (Phi) is 10.6. The molecule has 0 bridgehead atoms. The number of aliphatic carboxylic acids is 1.